The molecule has 1 aliphatic rings. The van der Waals surface area contributed by atoms with Crippen LogP contribution in [0.2, 0.25) is 0 Å². The molecule has 1 aliphatic heterocycles. The normalized spacial score (nSPS) is 14.8. The molecule has 2 aromatic carbocycles. The molecule has 1 atom stereocenters. The van der Waals surface area contributed by atoms with Crippen LogP contribution in [0.5, 0.6) is 0 Å². The molecule has 1 unspecified atom stereocenters. The molecular formula is C19H21NO5S. The smallest absolute Gasteiger partial charge is 0.303 e. The van der Waals surface area contributed by atoms with Crippen LogP contribution >= 0.6 is 0 Å². The van der Waals surface area contributed by atoms with E-state index in [9.17, 15) is 13.2 Å². The summed E-state index contributed by atoms with van der Waals surface area (Å²) >= 11 is 0. The second kappa shape index (κ2) is 7.99. The first kappa shape index (κ1) is 18.6. The van der Waals surface area contributed by atoms with E-state index < -0.39 is 22.0 Å². The lowest BCUT2D eigenvalue weighted by Crippen LogP contribution is -2.37. The molecular weight excluding hydrogens is 354 g/mol. The number of benzene rings is 2. The first-order valence-corrected chi connectivity index (χ1v) is 9.90. The average Bonchev–Trinajstić information content (AvgIpc) is 3.08. The number of hydrogen-bond donors (Lipinski definition) is 2. The Balaban J connectivity index is 1.78. The van der Waals surface area contributed by atoms with Crippen molar-refractivity contribution in [3.05, 3.63) is 65.2 Å². The van der Waals surface area contributed by atoms with E-state index in [1.807, 2.05) is 30.3 Å². The maximum absolute atomic E-state index is 12.8. The van der Waals surface area contributed by atoms with E-state index in [1.54, 1.807) is 18.2 Å². The second-order valence-electron chi connectivity index (χ2n) is 6.36. The lowest BCUT2D eigenvalue weighted by molar-refractivity contribution is -0.137. The number of sulfonamides is 1. The molecule has 138 valence electrons. The Labute approximate surface area is 152 Å². The van der Waals surface area contributed by atoms with Gasteiger partial charge in [0.15, 0.2) is 0 Å². The molecule has 7 heteroatoms. The van der Waals surface area contributed by atoms with Crippen LogP contribution in [-0.2, 0) is 39.2 Å². The number of rotatable bonds is 8. The maximum Gasteiger partial charge on any atom is 0.303 e. The summed E-state index contributed by atoms with van der Waals surface area (Å²) < 4.78 is 33.6. The minimum absolute atomic E-state index is 0.0992. The molecule has 3 rings (SSSR count). The van der Waals surface area contributed by atoms with Crippen molar-refractivity contribution in [2.75, 3.05) is 0 Å². The quantitative estimate of drug-likeness (QED) is 0.739. The van der Waals surface area contributed by atoms with Crippen molar-refractivity contribution in [1.29, 1.82) is 0 Å². The highest BCUT2D eigenvalue weighted by molar-refractivity contribution is 7.89. The van der Waals surface area contributed by atoms with Crippen molar-refractivity contribution < 1.29 is 23.1 Å². The van der Waals surface area contributed by atoms with E-state index in [1.165, 1.54) is 0 Å². The van der Waals surface area contributed by atoms with E-state index in [-0.39, 0.29) is 17.7 Å². The molecule has 0 saturated heterocycles. The third-order valence-electron chi connectivity index (χ3n) is 4.36. The number of ether oxygens (including phenoxy) is 1. The van der Waals surface area contributed by atoms with Gasteiger partial charge in [-0.25, -0.2) is 13.1 Å². The molecule has 2 N–H and O–H groups in total. The fourth-order valence-electron chi connectivity index (χ4n) is 3.00. The molecule has 26 heavy (non-hydrogen) atoms. The monoisotopic (exact) mass is 375 g/mol. The van der Waals surface area contributed by atoms with E-state index in [4.69, 9.17) is 9.84 Å². The molecule has 0 bridgehead atoms. The van der Waals surface area contributed by atoms with Crippen LogP contribution in [0.25, 0.3) is 0 Å². The summed E-state index contributed by atoms with van der Waals surface area (Å²) in [5.74, 6) is -0.947. The Hall–Kier alpha value is -2.22. The number of aliphatic carboxylic acids is 1. The number of nitrogens with one attached hydrogen (secondary N) is 1. The van der Waals surface area contributed by atoms with Gasteiger partial charge in [-0.2, -0.15) is 0 Å². The van der Waals surface area contributed by atoms with Crippen LogP contribution in [0.1, 0.15) is 29.5 Å². The van der Waals surface area contributed by atoms with Gasteiger partial charge in [-0.1, -0.05) is 36.4 Å². The first-order chi connectivity index (χ1) is 12.4. The van der Waals surface area contributed by atoms with Crippen LogP contribution in [0.15, 0.2) is 53.4 Å². The van der Waals surface area contributed by atoms with E-state index in [0.29, 0.717) is 19.6 Å². The lowest BCUT2D eigenvalue weighted by Gasteiger charge is -2.18. The Morgan fingerprint density at radius 2 is 1.85 bits per heavy atom. The standard InChI is InChI=1S/C19H21NO5S/c21-19(22)9-7-17(10-14-4-2-1-3-5-14)20-26(23,24)18-8-6-15-12-25-13-16(15)11-18/h1-6,8,11,17,20H,7,9-10,12-13H2,(H,21,22). The van der Waals surface area contributed by atoms with Gasteiger partial charge >= 0.3 is 5.97 Å². The zero-order chi connectivity index (χ0) is 18.6. The molecule has 1 heterocycles. The number of fused-ring (bicyclic) bond motifs is 1. The zero-order valence-electron chi connectivity index (χ0n) is 14.2. The minimum Gasteiger partial charge on any atom is -0.481 e. The molecule has 2 aromatic rings. The Morgan fingerprint density at radius 3 is 2.58 bits per heavy atom. The Bertz CT molecular complexity index is 880. The van der Waals surface area contributed by atoms with Crippen LogP contribution in [0, 0.1) is 0 Å². The van der Waals surface area contributed by atoms with Crippen LogP contribution in [-0.4, -0.2) is 25.5 Å². The SMILES string of the molecule is O=C(O)CCC(Cc1ccccc1)NS(=O)(=O)c1ccc2c(c1)COC2. The van der Waals surface area contributed by atoms with Gasteiger partial charge < -0.3 is 9.84 Å². The molecule has 0 spiro atoms. The van der Waals surface area contributed by atoms with Gasteiger partial charge in [0, 0.05) is 12.5 Å². The maximum atomic E-state index is 12.8. The summed E-state index contributed by atoms with van der Waals surface area (Å²) in [6, 6.07) is 13.9. The largest absolute Gasteiger partial charge is 0.481 e. The summed E-state index contributed by atoms with van der Waals surface area (Å²) in [7, 11) is -3.75. The number of carboxylic acids is 1. The average molecular weight is 375 g/mol. The number of carboxylic acid groups (broad SMARTS) is 1. The van der Waals surface area contributed by atoms with Crippen molar-refractivity contribution >= 4 is 16.0 Å². The predicted molar refractivity (Wildman–Crippen MR) is 96.1 cm³/mol. The van der Waals surface area contributed by atoms with Crippen molar-refractivity contribution in [2.45, 2.75) is 43.4 Å². The highest BCUT2D eigenvalue weighted by Crippen LogP contribution is 2.23. The Morgan fingerprint density at radius 1 is 1.12 bits per heavy atom. The van der Waals surface area contributed by atoms with Crippen molar-refractivity contribution in [1.82, 2.24) is 4.72 Å². The van der Waals surface area contributed by atoms with Crippen molar-refractivity contribution in [2.24, 2.45) is 0 Å². The molecule has 0 amide bonds. The topological polar surface area (TPSA) is 92.7 Å². The van der Waals surface area contributed by atoms with E-state index >= 15 is 0 Å². The number of carbonyl (C=O) groups is 1. The fourth-order valence-corrected chi connectivity index (χ4v) is 4.32. The lowest BCUT2D eigenvalue weighted by atomic mass is 10.0. The summed E-state index contributed by atoms with van der Waals surface area (Å²) in [6.07, 6.45) is 0.553. The molecule has 0 aromatic heterocycles. The second-order valence-corrected chi connectivity index (χ2v) is 8.08. The van der Waals surface area contributed by atoms with Crippen molar-refractivity contribution in [3.63, 3.8) is 0 Å². The van der Waals surface area contributed by atoms with Gasteiger partial charge in [0.1, 0.15) is 0 Å². The molecule has 0 fully saturated rings. The summed E-state index contributed by atoms with van der Waals surface area (Å²) in [5, 5.41) is 8.96. The molecule has 0 saturated carbocycles. The van der Waals surface area contributed by atoms with E-state index in [2.05, 4.69) is 4.72 Å². The summed E-state index contributed by atoms with van der Waals surface area (Å²) in [4.78, 5) is 11.1. The first-order valence-electron chi connectivity index (χ1n) is 8.41. The van der Waals surface area contributed by atoms with Gasteiger partial charge in [-0.05, 0) is 41.7 Å². The minimum atomic E-state index is -3.75. The van der Waals surface area contributed by atoms with E-state index in [0.717, 1.165) is 16.7 Å². The fraction of sp³-hybridized carbons (Fsp3) is 0.316. The molecule has 6 nitrogen and oxygen atoms in total. The van der Waals surface area contributed by atoms with Crippen LogP contribution in [0.4, 0.5) is 0 Å². The summed E-state index contributed by atoms with van der Waals surface area (Å²) in [5.41, 5.74) is 2.82. The summed E-state index contributed by atoms with van der Waals surface area (Å²) in [6.45, 7) is 0.906. The van der Waals surface area contributed by atoms with Gasteiger partial charge in [0.2, 0.25) is 10.0 Å². The van der Waals surface area contributed by atoms with Crippen LogP contribution < -0.4 is 4.72 Å². The van der Waals surface area contributed by atoms with Gasteiger partial charge in [0.05, 0.1) is 18.1 Å². The van der Waals surface area contributed by atoms with Crippen LogP contribution in [0.3, 0.4) is 0 Å². The predicted octanol–water partition coefficient (Wildman–Crippen LogP) is 2.47. The highest BCUT2D eigenvalue weighted by atomic mass is 32.2. The van der Waals surface area contributed by atoms with Gasteiger partial charge in [-0.3, -0.25) is 4.79 Å². The third kappa shape index (κ3) is 4.69. The number of hydrogen-bond acceptors (Lipinski definition) is 4. The van der Waals surface area contributed by atoms with Crippen molar-refractivity contribution in [3.8, 4) is 0 Å². The highest BCUT2D eigenvalue weighted by Gasteiger charge is 2.23. The molecule has 0 aliphatic carbocycles. The zero-order valence-corrected chi connectivity index (χ0v) is 15.0. The van der Waals surface area contributed by atoms with Gasteiger partial charge in [-0.15, -0.1) is 0 Å². The Kier molecular flexibility index (Phi) is 5.70. The van der Waals surface area contributed by atoms with Gasteiger partial charge in [0.25, 0.3) is 0 Å². The molecule has 0 radical (unpaired) electrons. The third-order valence-corrected chi connectivity index (χ3v) is 5.87.